The number of halogens is 2. The van der Waals surface area contributed by atoms with E-state index in [2.05, 4.69) is 24.5 Å². The van der Waals surface area contributed by atoms with E-state index in [-0.39, 0.29) is 29.7 Å². The van der Waals surface area contributed by atoms with Crippen molar-refractivity contribution in [2.24, 2.45) is 5.41 Å². The second kappa shape index (κ2) is 10.9. The maximum Gasteiger partial charge on any atom is 0.229 e. The third-order valence-electron chi connectivity index (χ3n) is 6.88. The number of rotatable bonds is 9. The minimum atomic E-state index is -0.582. The van der Waals surface area contributed by atoms with E-state index in [1.807, 2.05) is 55.5 Å². The molecule has 1 aliphatic rings. The number of benzene rings is 2. The molecule has 1 fully saturated rings. The number of carbonyl (C=O) groups excluding carboxylic acids is 2. The Balaban J connectivity index is 2.20. The van der Waals surface area contributed by atoms with Crippen molar-refractivity contribution in [3.05, 3.63) is 82.4 Å². The summed E-state index contributed by atoms with van der Waals surface area (Å²) in [5, 5.41) is 1.34. The Morgan fingerprint density at radius 2 is 1.88 bits per heavy atom. The molecule has 3 unspecified atom stereocenters. The highest BCUT2D eigenvalue weighted by atomic mass is 35.5. The topological polar surface area (TPSA) is 37.4 Å². The molecule has 4 atom stereocenters. The van der Waals surface area contributed by atoms with E-state index in [4.69, 9.17) is 23.2 Å². The summed E-state index contributed by atoms with van der Waals surface area (Å²) in [6.45, 7) is 9.67. The molecule has 1 amide bonds. The van der Waals surface area contributed by atoms with Crippen LogP contribution in [0.4, 0.5) is 0 Å². The van der Waals surface area contributed by atoms with Crippen LogP contribution in [0.3, 0.4) is 0 Å². The van der Waals surface area contributed by atoms with E-state index in [9.17, 15) is 9.59 Å². The quantitative estimate of drug-likeness (QED) is 0.340. The van der Waals surface area contributed by atoms with E-state index in [1.54, 1.807) is 6.92 Å². The van der Waals surface area contributed by atoms with Gasteiger partial charge in [-0.25, -0.2) is 0 Å². The standard InChI is InChI=1S/C28H33Cl2NO2/c1-5-16-28(4)18-25(21-8-7-9-23(30)17-21)26(20-11-13-22(29)14-12-20)31(27(28)33)24(6-2)15-10-19(3)32/h5,7-9,11-14,17,24-26H,1,6,10,15-16,18H2,2-4H3/t24?,25?,26?,28-/m0/s1. The minimum absolute atomic E-state index is 0.0407. The molecule has 176 valence electrons. The molecule has 3 nitrogen and oxygen atoms in total. The van der Waals surface area contributed by atoms with Crippen molar-refractivity contribution >= 4 is 34.9 Å². The second-order valence-corrected chi connectivity index (χ2v) is 10.3. The Morgan fingerprint density at radius 3 is 2.45 bits per heavy atom. The van der Waals surface area contributed by atoms with Crippen molar-refractivity contribution in [1.82, 2.24) is 4.90 Å². The van der Waals surface area contributed by atoms with Crippen LogP contribution in [0.1, 0.15) is 76.0 Å². The maximum atomic E-state index is 14.1. The summed E-state index contributed by atoms with van der Waals surface area (Å²) in [5.41, 5.74) is 1.57. The highest BCUT2D eigenvalue weighted by molar-refractivity contribution is 6.30. The highest BCUT2D eigenvalue weighted by Gasteiger charge is 2.50. The normalized spacial score (nSPS) is 23.9. The molecular formula is C28H33Cl2NO2. The van der Waals surface area contributed by atoms with Crippen molar-refractivity contribution in [2.45, 2.75) is 70.9 Å². The van der Waals surface area contributed by atoms with Crippen molar-refractivity contribution in [3.63, 3.8) is 0 Å². The zero-order valence-corrected chi connectivity index (χ0v) is 21.2. The Hall–Kier alpha value is -2.10. The zero-order valence-electron chi connectivity index (χ0n) is 19.7. The van der Waals surface area contributed by atoms with E-state index < -0.39 is 5.41 Å². The van der Waals surface area contributed by atoms with Gasteiger partial charge >= 0.3 is 0 Å². The summed E-state index contributed by atoms with van der Waals surface area (Å²) < 4.78 is 0. The number of Topliss-reactive ketones (excluding diaryl/α,β-unsaturated/α-hetero) is 1. The number of ketones is 1. The van der Waals surface area contributed by atoms with Crippen LogP contribution >= 0.6 is 23.2 Å². The Kier molecular flexibility index (Phi) is 8.42. The number of likely N-dealkylation sites (tertiary alicyclic amines) is 1. The van der Waals surface area contributed by atoms with Gasteiger partial charge in [0.2, 0.25) is 5.91 Å². The van der Waals surface area contributed by atoms with Gasteiger partial charge in [-0.1, -0.05) is 67.4 Å². The lowest BCUT2D eigenvalue weighted by atomic mass is 9.67. The number of amides is 1. The average molecular weight is 486 g/mol. The second-order valence-electron chi connectivity index (χ2n) is 9.43. The van der Waals surface area contributed by atoms with Crippen molar-refractivity contribution < 1.29 is 9.59 Å². The first-order valence-corrected chi connectivity index (χ1v) is 12.4. The smallest absolute Gasteiger partial charge is 0.229 e. The molecule has 0 saturated carbocycles. The van der Waals surface area contributed by atoms with Crippen molar-refractivity contribution in [2.75, 3.05) is 0 Å². The number of hydrogen-bond donors (Lipinski definition) is 0. The van der Waals surface area contributed by atoms with Gasteiger partial charge < -0.3 is 9.69 Å². The van der Waals surface area contributed by atoms with Crippen LogP contribution in [0.25, 0.3) is 0 Å². The molecule has 0 aliphatic carbocycles. The number of nitrogens with zero attached hydrogens (tertiary/aromatic N) is 1. The van der Waals surface area contributed by atoms with E-state index in [1.165, 1.54) is 0 Å². The molecule has 2 aromatic carbocycles. The molecule has 0 N–H and O–H groups in total. The van der Waals surface area contributed by atoms with E-state index in [0.717, 1.165) is 17.5 Å². The summed E-state index contributed by atoms with van der Waals surface area (Å²) in [6, 6.07) is 15.5. The van der Waals surface area contributed by atoms with Crippen LogP contribution in [0, 0.1) is 5.41 Å². The Bertz CT molecular complexity index is 1000. The largest absolute Gasteiger partial charge is 0.332 e. The fourth-order valence-electron chi connectivity index (χ4n) is 5.20. The maximum absolute atomic E-state index is 14.1. The molecule has 1 aliphatic heterocycles. The van der Waals surface area contributed by atoms with Crippen LogP contribution in [-0.2, 0) is 9.59 Å². The van der Waals surface area contributed by atoms with Gasteiger partial charge in [0.25, 0.3) is 0 Å². The lowest BCUT2D eigenvalue weighted by Gasteiger charge is -2.52. The predicted octanol–water partition coefficient (Wildman–Crippen LogP) is 7.78. The zero-order chi connectivity index (χ0) is 24.2. The lowest BCUT2D eigenvalue weighted by molar-refractivity contribution is -0.155. The molecule has 33 heavy (non-hydrogen) atoms. The SMILES string of the molecule is C=CC[C@@]1(C)CC(c2cccc(Cl)c2)C(c2ccc(Cl)cc2)N(C(CC)CCC(C)=O)C1=O. The molecule has 0 bridgehead atoms. The van der Waals surface area contributed by atoms with Crippen LogP contribution in [0.5, 0.6) is 0 Å². The van der Waals surface area contributed by atoms with Crippen LogP contribution < -0.4 is 0 Å². The predicted molar refractivity (Wildman–Crippen MR) is 137 cm³/mol. The Morgan fingerprint density at radius 1 is 1.18 bits per heavy atom. The first-order valence-electron chi connectivity index (χ1n) is 11.6. The molecule has 0 aromatic heterocycles. The van der Waals surface area contributed by atoms with E-state index >= 15 is 0 Å². The molecule has 0 spiro atoms. The van der Waals surface area contributed by atoms with Crippen molar-refractivity contribution in [3.8, 4) is 0 Å². The lowest BCUT2D eigenvalue weighted by Crippen LogP contribution is -2.55. The van der Waals surface area contributed by atoms with Gasteiger partial charge in [-0.3, -0.25) is 4.79 Å². The van der Waals surface area contributed by atoms with Gasteiger partial charge in [-0.2, -0.15) is 0 Å². The number of carbonyl (C=O) groups is 2. The van der Waals surface area contributed by atoms with Crippen LogP contribution in [-0.4, -0.2) is 22.6 Å². The first kappa shape index (κ1) is 25.5. The van der Waals surface area contributed by atoms with Gasteiger partial charge in [0.15, 0.2) is 0 Å². The number of hydrogen-bond acceptors (Lipinski definition) is 2. The molecular weight excluding hydrogens is 453 g/mol. The highest BCUT2D eigenvalue weighted by Crippen LogP contribution is 2.52. The summed E-state index contributed by atoms with van der Waals surface area (Å²) in [7, 11) is 0. The number of allylic oxidation sites excluding steroid dienone is 1. The monoisotopic (exact) mass is 485 g/mol. The van der Waals surface area contributed by atoms with Gasteiger partial charge in [0.05, 0.1) is 11.5 Å². The molecule has 2 aromatic rings. The fraction of sp³-hybridized carbons (Fsp3) is 0.429. The molecule has 3 rings (SSSR count). The van der Waals surface area contributed by atoms with Gasteiger partial charge in [-0.05, 0) is 68.0 Å². The van der Waals surface area contributed by atoms with Gasteiger partial charge in [0.1, 0.15) is 5.78 Å². The van der Waals surface area contributed by atoms with E-state index in [0.29, 0.717) is 35.7 Å². The van der Waals surface area contributed by atoms with Crippen LogP contribution in [0.2, 0.25) is 10.0 Å². The average Bonchev–Trinajstić information content (AvgIpc) is 2.77. The summed E-state index contributed by atoms with van der Waals surface area (Å²) in [5.74, 6) is 0.302. The third kappa shape index (κ3) is 5.70. The molecule has 0 radical (unpaired) electrons. The third-order valence-corrected chi connectivity index (χ3v) is 7.37. The van der Waals surface area contributed by atoms with Crippen molar-refractivity contribution in [1.29, 1.82) is 0 Å². The first-order chi connectivity index (χ1) is 15.7. The molecule has 1 saturated heterocycles. The molecule has 5 heteroatoms. The summed E-state index contributed by atoms with van der Waals surface area (Å²) >= 11 is 12.6. The van der Waals surface area contributed by atoms with Crippen LogP contribution in [0.15, 0.2) is 61.2 Å². The summed E-state index contributed by atoms with van der Waals surface area (Å²) in [4.78, 5) is 28.0. The van der Waals surface area contributed by atoms with Gasteiger partial charge in [-0.15, -0.1) is 6.58 Å². The minimum Gasteiger partial charge on any atom is -0.332 e. The fourth-order valence-corrected chi connectivity index (χ4v) is 5.52. The summed E-state index contributed by atoms with van der Waals surface area (Å²) in [6.07, 6.45) is 4.99. The molecule has 1 heterocycles. The number of piperidine rings is 1. The van der Waals surface area contributed by atoms with Gasteiger partial charge in [0, 0.05) is 28.4 Å². The Labute approximate surface area is 207 Å².